The van der Waals surface area contributed by atoms with Crippen molar-refractivity contribution in [1.82, 2.24) is 9.97 Å². The monoisotopic (exact) mass is 379 g/mol. The summed E-state index contributed by atoms with van der Waals surface area (Å²) in [5.41, 5.74) is 2.81. The van der Waals surface area contributed by atoms with E-state index in [0.717, 1.165) is 47.1 Å². The van der Waals surface area contributed by atoms with Crippen LogP contribution in [0.25, 0.3) is 10.7 Å². The van der Waals surface area contributed by atoms with Crippen molar-refractivity contribution in [2.75, 3.05) is 11.9 Å². The number of ether oxygens (including phenoxy) is 1. The predicted octanol–water partition coefficient (Wildman–Crippen LogP) is 4.35. The van der Waals surface area contributed by atoms with Gasteiger partial charge in [0.15, 0.2) is 0 Å². The van der Waals surface area contributed by atoms with Gasteiger partial charge in [0.2, 0.25) is 5.91 Å². The normalized spacial score (nSPS) is 15.8. The van der Waals surface area contributed by atoms with E-state index in [0.29, 0.717) is 6.61 Å². The van der Waals surface area contributed by atoms with E-state index in [1.807, 2.05) is 49.4 Å². The van der Waals surface area contributed by atoms with E-state index >= 15 is 0 Å². The Labute approximate surface area is 162 Å². The first kappa shape index (κ1) is 17.7. The van der Waals surface area contributed by atoms with E-state index in [-0.39, 0.29) is 11.8 Å². The second kappa shape index (κ2) is 7.88. The molecule has 0 spiro atoms. The van der Waals surface area contributed by atoms with Gasteiger partial charge in [-0.05, 0) is 62.6 Å². The second-order valence-electron chi connectivity index (χ2n) is 6.49. The highest BCUT2D eigenvalue weighted by Gasteiger charge is 2.28. The van der Waals surface area contributed by atoms with Crippen LogP contribution in [0.1, 0.15) is 23.9 Å². The second-order valence-corrected chi connectivity index (χ2v) is 7.57. The van der Waals surface area contributed by atoms with Gasteiger partial charge in [-0.2, -0.15) is 0 Å². The number of carbonyl (C=O) groups is 1. The molecule has 1 atom stereocenters. The molecule has 1 aromatic carbocycles. The highest BCUT2D eigenvalue weighted by Crippen LogP contribution is 2.34. The van der Waals surface area contributed by atoms with Crippen molar-refractivity contribution < 1.29 is 9.53 Å². The molecule has 1 amide bonds. The van der Waals surface area contributed by atoms with Crippen LogP contribution in [-0.4, -0.2) is 22.5 Å². The number of amides is 1. The minimum Gasteiger partial charge on any atom is -0.494 e. The summed E-state index contributed by atoms with van der Waals surface area (Å²) >= 11 is 1.65. The summed E-state index contributed by atoms with van der Waals surface area (Å²) in [4.78, 5) is 23.0. The lowest BCUT2D eigenvalue weighted by Gasteiger charge is -2.20. The number of hydrogen-bond donors (Lipinski definition) is 1. The number of carbonyl (C=O) groups excluding carboxylic acids is 1. The third kappa shape index (κ3) is 4.01. The maximum atomic E-state index is 12.7. The highest BCUT2D eigenvalue weighted by molar-refractivity contribution is 7.15. The fourth-order valence-corrected chi connectivity index (χ4v) is 4.41. The molecule has 0 radical (unpaired) electrons. The number of pyridine rings is 1. The number of anilines is 1. The highest BCUT2D eigenvalue weighted by atomic mass is 32.1. The number of aromatic nitrogens is 2. The minimum atomic E-state index is -0.0268. The van der Waals surface area contributed by atoms with Crippen LogP contribution in [0.2, 0.25) is 0 Å². The Morgan fingerprint density at radius 3 is 2.85 bits per heavy atom. The van der Waals surface area contributed by atoms with Crippen molar-refractivity contribution in [3.63, 3.8) is 0 Å². The van der Waals surface area contributed by atoms with Crippen molar-refractivity contribution in [1.29, 1.82) is 0 Å². The van der Waals surface area contributed by atoms with E-state index < -0.39 is 0 Å². The van der Waals surface area contributed by atoms with Crippen LogP contribution in [0.15, 0.2) is 48.7 Å². The standard InChI is InChI=1S/C21H21N3O2S/c1-2-26-16-9-7-15(8-10-16)23-20(25)14-6-11-17-19(13-14)27-21(24-17)18-5-3-4-12-22-18/h3-5,7-10,12,14H,2,6,11,13H2,1H3,(H,23,25). The van der Waals surface area contributed by atoms with Gasteiger partial charge in [-0.3, -0.25) is 9.78 Å². The van der Waals surface area contributed by atoms with Gasteiger partial charge in [-0.15, -0.1) is 11.3 Å². The number of rotatable bonds is 5. The van der Waals surface area contributed by atoms with Crippen LogP contribution in [0, 0.1) is 5.92 Å². The molecule has 138 valence electrons. The van der Waals surface area contributed by atoms with Gasteiger partial charge in [0.05, 0.1) is 18.0 Å². The van der Waals surface area contributed by atoms with Crippen molar-refractivity contribution in [3.05, 3.63) is 59.2 Å². The molecule has 0 saturated carbocycles. The first-order valence-corrected chi connectivity index (χ1v) is 9.98. The van der Waals surface area contributed by atoms with Crippen LogP contribution >= 0.6 is 11.3 Å². The van der Waals surface area contributed by atoms with Crippen LogP contribution < -0.4 is 10.1 Å². The summed E-state index contributed by atoms with van der Waals surface area (Å²) in [5, 5.41) is 3.97. The van der Waals surface area contributed by atoms with Gasteiger partial charge in [0, 0.05) is 22.7 Å². The SMILES string of the molecule is CCOc1ccc(NC(=O)C2CCc3nc(-c4ccccn4)sc3C2)cc1. The van der Waals surface area contributed by atoms with Gasteiger partial charge < -0.3 is 10.1 Å². The number of benzene rings is 1. The smallest absolute Gasteiger partial charge is 0.227 e. The zero-order valence-corrected chi connectivity index (χ0v) is 16.0. The third-order valence-electron chi connectivity index (χ3n) is 4.63. The lowest BCUT2D eigenvalue weighted by molar-refractivity contribution is -0.120. The number of hydrogen-bond acceptors (Lipinski definition) is 5. The van der Waals surface area contributed by atoms with Gasteiger partial charge >= 0.3 is 0 Å². The molecule has 1 unspecified atom stereocenters. The van der Waals surface area contributed by atoms with Gasteiger partial charge in [-0.1, -0.05) is 6.07 Å². The molecule has 4 rings (SSSR count). The molecule has 0 saturated heterocycles. The largest absolute Gasteiger partial charge is 0.494 e. The average molecular weight is 379 g/mol. The van der Waals surface area contributed by atoms with Crippen LogP contribution in [0.3, 0.4) is 0 Å². The number of aryl methyl sites for hydroxylation is 1. The molecule has 0 aliphatic heterocycles. The maximum absolute atomic E-state index is 12.7. The molecule has 6 heteroatoms. The van der Waals surface area contributed by atoms with E-state index in [1.165, 1.54) is 4.88 Å². The average Bonchev–Trinajstić information content (AvgIpc) is 3.14. The van der Waals surface area contributed by atoms with Crippen LogP contribution in [0.4, 0.5) is 5.69 Å². The van der Waals surface area contributed by atoms with Crippen molar-refractivity contribution in [2.24, 2.45) is 5.92 Å². The molecule has 2 aromatic heterocycles. The molecular weight excluding hydrogens is 358 g/mol. The van der Waals surface area contributed by atoms with E-state index in [9.17, 15) is 4.79 Å². The Balaban J connectivity index is 1.43. The summed E-state index contributed by atoms with van der Waals surface area (Å²) in [6.45, 7) is 2.58. The lowest BCUT2D eigenvalue weighted by atomic mass is 9.90. The Bertz CT molecular complexity index is 922. The zero-order valence-electron chi connectivity index (χ0n) is 15.1. The summed E-state index contributed by atoms with van der Waals surface area (Å²) in [7, 11) is 0. The Hall–Kier alpha value is -2.73. The molecule has 27 heavy (non-hydrogen) atoms. The fraction of sp³-hybridized carbons (Fsp3) is 0.286. The van der Waals surface area contributed by atoms with Crippen molar-refractivity contribution in [2.45, 2.75) is 26.2 Å². The Morgan fingerprint density at radius 1 is 1.26 bits per heavy atom. The van der Waals surface area contributed by atoms with E-state index in [1.54, 1.807) is 17.5 Å². The van der Waals surface area contributed by atoms with Crippen LogP contribution in [0.5, 0.6) is 5.75 Å². The molecule has 3 aromatic rings. The molecule has 0 fully saturated rings. The molecule has 2 heterocycles. The van der Waals surface area contributed by atoms with Gasteiger partial charge in [-0.25, -0.2) is 4.98 Å². The molecular formula is C21H21N3O2S. The van der Waals surface area contributed by atoms with Gasteiger partial charge in [0.25, 0.3) is 0 Å². The molecule has 0 bridgehead atoms. The quantitative estimate of drug-likeness (QED) is 0.716. The minimum absolute atomic E-state index is 0.0268. The Morgan fingerprint density at radius 2 is 2.11 bits per heavy atom. The number of nitrogens with zero attached hydrogens (tertiary/aromatic N) is 2. The summed E-state index contributed by atoms with van der Waals surface area (Å²) in [5.74, 6) is 0.850. The molecule has 5 nitrogen and oxygen atoms in total. The van der Waals surface area contributed by atoms with Crippen LogP contribution in [-0.2, 0) is 17.6 Å². The van der Waals surface area contributed by atoms with Gasteiger partial charge in [0.1, 0.15) is 10.8 Å². The predicted molar refractivity (Wildman–Crippen MR) is 107 cm³/mol. The molecule has 1 aliphatic rings. The fourth-order valence-electron chi connectivity index (χ4n) is 3.24. The maximum Gasteiger partial charge on any atom is 0.227 e. The number of thiazole rings is 1. The van der Waals surface area contributed by atoms with E-state index in [2.05, 4.69) is 10.3 Å². The van der Waals surface area contributed by atoms with Crippen molar-refractivity contribution >= 4 is 22.9 Å². The summed E-state index contributed by atoms with van der Waals surface area (Å²) < 4.78 is 5.44. The topological polar surface area (TPSA) is 64.1 Å². The Kier molecular flexibility index (Phi) is 5.16. The first-order valence-electron chi connectivity index (χ1n) is 9.16. The van der Waals surface area contributed by atoms with Crippen molar-refractivity contribution in [3.8, 4) is 16.5 Å². The first-order chi connectivity index (χ1) is 13.2. The number of nitrogens with one attached hydrogen (secondary N) is 1. The molecule has 1 N–H and O–H groups in total. The van der Waals surface area contributed by atoms with E-state index in [4.69, 9.17) is 9.72 Å². The summed E-state index contributed by atoms with van der Waals surface area (Å²) in [6.07, 6.45) is 4.17. The number of fused-ring (bicyclic) bond motifs is 1. The molecule has 1 aliphatic carbocycles. The lowest BCUT2D eigenvalue weighted by Crippen LogP contribution is -2.27. The zero-order chi connectivity index (χ0) is 18.6. The summed E-state index contributed by atoms with van der Waals surface area (Å²) in [6, 6.07) is 13.3. The third-order valence-corrected chi connectivity index (χ3v) is 5.77.